The lowest BCUT2D eigenvalue weighted by Crippen LogP contribution is -2.31. The molecule has 28 heavy (non-hydrogen) atoms. The minimum atomic E-state index is -0.0187. The van der Waals surface area contributed by atoms with Crippen molar-refractivity contribution in [1.29, 1.82) is 0 Å². The van der Waals surface area contributed by atoms with Gasteiger partial charge in [0, 0.05) is 44.5 Å². The van der Waals surface area contributed by atoms with Crippen molar-refractivity contribution < 1.29 is 4.74 Å². The van der Waals surface area contributed by atoms with E-state index in [1.165, 1.54) is 0 Å². The van der Waals surface area contributed by atoms with E-state index in [-0.39, 0.29) is 6.17 Å². The van der Waals surface area contributed by atoms with E-state index in [4.69, 9.17) is 27.9 Å². The van der Waals surface area contributed by atoms with Crippen molar-refractivity contribution in [3.05, 3.63) is 86.8 Å². The van der Waals surface area contributed by atoms with Crippen LogP contribution in [0.4, 0.5) is 11.4 Å². The Bertz CT molecular complexity index is 910. The summed E-state index contributed by atoms with van der Waals surface area (Å²) >= 11 is 15.8. The molecule has 1 heterocycles. The van der Waals surface area contributed by atoms with Gasteiger partial charge in [-0.05, 0) is 66.7 Å². The smallest absolute Gasteiger partial charge is 0.132 e. The summed E-state index contributed by atoms with van der Waals surface area (Å²) in [7, 11) is 1.71. The predicted molar refractivity (Wildman–Crippen MR) is 121 cm³/mol. The molecule has 0 amide bonds. The molecule has 1 aliphatic rings. The molecule has 144 valence electrons. The van der Waals surface area contributed by atoms with Crippen LogP contribution in [-0.4, -0.2) is 20.2 Å². The molecule has 6 heteroatoms. The summed E-state index contributed by atoms with van der Waals surface area (Å²) in [5.41, 5.74) is 3.33. The van der Waals surface area contributed by atoms with Crippen molar-refractivity contribution in [2.45, 2.75) is 6.17 Å². The summed E-state index contributed by atoms with van der Waals surface area (Å²) in [5, 5.41) is 1.46. The first-order chi connectivity index (χ1) is 13.6. The standard InChI is InChI=1S/C22H19BrCl2N2O/c1-28-21-11-2-15(23)14-20(21)22-26(18-7-3-16(24)4-8-18)12-13-27(22)19-9-5-17(25)6-10-19/h2-11,14,22H,12-13H2,1H3. The van der Waals surface area contributed by atoms with Gasteiger partial charge in [0.1, 0.15) is 11.9 Å². The van der Waals surface area contributed by atoms with Gasteiger partial charge in [-0.1, -0.05) is 39.1 Å². The molecule has 0 atom stereocenters. The van der Waals surface area contributed by atoms with E-state index in [9.17, 15) is 0 Å². The van der Waals surface area contributed by atoms with Crippen LogP contribution in [-0.2, 0) is 0 Å². The van der Waals surface area contributed by atoms with Crippen LogP contribution in [0.1, 0.15) is 11.7 Å². The van der Waals surface area contributed by atoms with Crippen LogP contribution in [0.5, 0.6) is 5.75 Å². The SMILES string of the molecule is COc1ccc(Br)cc1C1N(c2ccc(Cl)cc2)CCN1c1ccc(Cl)cc1. The van der Waals surface area contributed by atoms with Gasteiger partial charge in [0.15, 0.2) is 0 Å². The molecule has 0 N–H and O–H groups in total. The molecule has 0 aliphatic carbocycles. The maximum absolute atomic E-state index is 6.11. The quantitative estimate of drug-likeness (QED) is 0.411. The zero-order valence-electron chi connectivity index (χ0n) is 15.3. The van der Waals surface area contributed by atoms with Crippen molar-refractivity contribution in [2.24, 2.45) is 0 Å². The van der Waals surface area contributed by atoms with Crippen LogP contribution in [0.15, 0.2) is 71.2 Å². The average molecular weight is 478 g/mol. The largest absolute Gasteiger partial charge is 0.496 e. The fraction of sp³-hybridized carbons (Fsp3) is 0.182. The van der Waals surface area contributed by atoms with Gasteiger partial charge in [-0.3, -0.25) is 0 Å². The number of anilines is 2. The molecular formula is C22H19BrCl2N2O. The monoisotopic (exact) mass is 476 g/mol. The van der Waals surface area contributed by atoms with Crippen molar-refractivity contribution in [1.82, 2.24) is 0 Å². The lowest BCUT2D eigenvalue weighted by Gasteiger charge is -2.34. The van der Waals surface area contributed by atoms with E-state index in [0.29, 0.717) is 0 Å². The number of hydrogen-bond acceptors (Lipinski definition) is 3. The highest BCUT2D eigenvalue weighted by Gasteiger charge is 2.35. The van der Waals surface area contributed by atoms with Crippen molar-refractivity contribution in [3.63, 3.8) is 0 Å². The molecule has 1 saturated heterocycles. The number of halogens is 3. The number of ether oxygens (including phenoxy) is 1. The van der Waals surface area contributed by atoms with Gasteiger partial charge in [0.25, 0.3) is 0 Å². The number of methoxy groups -OCH3 is 1. The first-order valence-electron chi connectivity index (χ1n) is 8.94. The summed E-state index contributed by atoms with van der Waals surface area (Å²) < 4.78 is 6.72. The molecule has 1 aliphatic heterocycles. The molecular weight excluding hydrogens is 459 g/mol. The van der Waals surface area contributed by atoms with Crippen LogP contribution in [0.25, 0.3) is 0 Å². The van der Waals surface area contributed by atoms with Crippen LogP contribution >= 0.6 is 39.1 Å². The number of nitrogens with zero attached hydrogens (tertiary/aromatic N) is 2. The van der Waals surface area contributed by atoms with Crippen molar-refractivity contribution in [3.8, 4) is 5.75 Å². The molecule has 0 spiro atoms. The van der Waals surface area contributed by atoms with E-state index >= 15 is 0 Å². The molecule has 0 saturated carbocycles. The van der Waals surface area contributed by atoms with Crippen molar-refractivity contribution >= 4 is 50.5 Å². The van der Waals surface area contributed by atoms with E-state index in [1.807, 2.05) is 36.4 Å². The third kappa shape index (κ3) is 3.82. The van der Waals surface area contributed by atoms with Crippen LogP contribution in [0.3, 0.4) is 0 Å². The van der Waals surface area contributed by atoms with Gasteiger partial charge in [-0.15, -0.1) is 0 Å². The normalized spacial score (nSPS) is 14.6. The van der Waals surface area contributed by atoms with Gasteiger partial charge in [-0.2, -0.15) is 0 Å². The second kappa shape index (κ2) is 8.24. The molecule has 0 bridgehead atoms. The molecule has 1 fully saturated rings. The Hall–Kier alpha value is -1.88. The summed E-state index contributed by atoms with van der Waals surface area (Å²) in [4.78, 5) is 4.74. The van der Waals surface area contributed by atoms with E-state index in [1.54, 1.807) is 7.11 Å². The highest BCUT2D eigenvalue weighted by Crippen LogP contribution is 2.42. The minimum absolute atomic E-state index is 0.0187. The zero-order valence-corrected chi connectivity index (χ0v) is 18.4. The van der Waals surface area contributed by atoms with E-state index in [0.717, 1.165) is 50.3 Å². The second-order valence-corrected chi connectivity index (χ2v) is 8.39. The Morgan fingerprint density at radius 1 is 0.821 bits per heavy atom. The fourth-order valence-electron chi connectivity index (χ4n) is 3.68. The highest BCUT2D eigenvalue weighted by atomic mass is 79.9. The Morgan fingerprint density at radius 2 is 1.32 bits per heavy atom. The summed E-state index contributed by atoms with van der Waals surface area (Å²) in [6.45, 7) is 1.76. The van der Waals surface area contributed by atoms with Crippen molar-refractivity contribution in [2.75, 3.05) is 30.0 Å². The van der Waals surface area contributed by atoms with Gasteiger partial charge < -0.3 is 14.5 Å². The summed E-state index contributed by atoms with van der Waals surface area (Å²) in [5.74, 6) is 0.855. The lowest BCUT2D eigenvalue weighted by atomic mass is 10.1. The number of benzene rings is 3. The molecule has 0 aromatic heterocycles. The molecule has 0 unspecified atom stereocenters. The highest BCUT2D eigenvalue weighted by molar-refractivity contribution is 9.10. The molecule has 3 aromatic carbocycles. The number of rotatable bonds is 4. The Morgan fingerprint density at radius 3 is 1.79 bits per heavy atom. The third-order valence-electron chi connectivity index (χ3n) is 4.96. The molecule has 0 radical (unpaired) electrons. The lowest BCUT2D eigenvalue weighted by molar-refractivity contribution is 0.405. The average Bonchev–Trinajstić information content (AvgIpc) is 3.14. The van der Waals surface area contributed by atoms with Crippen LogP contribution in [0, 0.1) is 0 Å². The number of hydrogen-bond donors (Lipinski definition) is 0. The van der Waals surface area contributed by atoms with Gasteiger partial charge in [0.2, 0.25) is 0 Å². The van der Waals surface area contributed by atoms with E-state index in [2.05, 4.69) is 56.1 Å². The molecule has 4 rings (SSSR count). The van der Waals surface area contributed by atoms with Crippen LogP contribution < -0.4 is 14.5 Å². The first-order valence-corrected chi connectivity index (χ1v) is 10.5. The second-order valence-electron chi connectivity index (χ2n) is 6.60. The maximum atomic E-state index is 6.11. The Kier molecular flexibility index (Phi) is 5.72. The van der Waals surface area contributed by atoms with Crippen LogP contribution in [0.2, 0.25) is 10.0 Å². The Labute approximate surface area is 183 Å². The maximum Gasteiger partial charge on any atom is 0.132 e. The fourth-order valence-corrected chi connectivity index (χ4v) is 4.31. The van der Waals surface area contributed by atoms with E-state index < -0.39 is 0 Å². The van der Waals surface area contributed by atoms with Gasteiger partial charge in [-0.25, -0.2) is 0 Å². The topological polar surface area (TPSA) is 15.7 Å². The molecule has 3 aromatic rings. The first kappa shape index (κ1) is 19.4. The summed E-state index contributed by atoms with van der Waals surface area (Å²) in [6, 6.07) is 22.1. The summed E-state index contributed by atoms with van der Waals surface area (Å²) in [6.07, 6.45) is -0.0187. The zero-order chi connectivity index (χ0) is 19.7. The van der Waals surface area contributed by atoms with Gasteiger partial charge >= 0.3 is 0 Å². The third-order valence-corrected chi connectivity index (χ3v) is 5.96. The Balaban J connectivity index is 1.83. The minimum Gasteiger partial charge on any atom is -0.496 e. The van der Waals surface area contributed by atoms with Gasteiger partial charge in [0.05, 0.1) is 7.11 Å². The molecule has 3 nitrogen and oxygen atoms in total. The predicted octanol–water partition coefficient (Wildman–Crippen LogP) is 6.79.